The summed E-state index contributed by atoms with van der Waals surface area (Å²) >= 11 is 5.57. The lowest BCUT2D eigenvalue weighted by Gasteiger charge is -2.27. The first-order valence-electron chi connectivity index (χ1n) is 11.4. The maximum atomic E-state index is 12.9. The van der Waals surface area contributed by atoms with Crippen molar-refractivity contribution in [1.82, 2.24) is 24.6 Å². The Labute approximate surface area is 208 Å². The van der Waals surface area contributed by atoms with Gasteiger partial charge in [-0.3, -0.25) is 19.3 Å². The monoisotopic (exact) mass is 499 g/mol. The number of pyridine rings is 2. The van der Waals surface area contributed by atoms with Crippen LogP contribution in [0.25, 0.3) is 10.9 Å². The van der Waals surface area contributed by atoms with E-state index in [1.54, 1.807) is 30.2 Å². The molecule has 3 aromatic heterocycles. The van der Waals surface area contributed by atoms with Crippen LogP contribution in [0.4, 0.5) is 5.82 Å². The minimum Gasteiger partial charge on any atom is -0.373 e. The predicted octanol–water partition coefficient (Wildman–Crippen LogP) is 2.59. The summed E-state index contributed by atoms with van der Waals surface area (Å²) in [6, 6.07) is 7.32. The molecule has 186 valence electrons. The van der Waals surface area contributed by atoms with Crippen LogP contribution in [0.2, 0.25) is 5.15 Å². The molecule has 11 heteroatoms. The van der Waals surface area contributed by atoms with E-state index < -0.39 is 0 Å². The van der Waals surface area contributed by atoms with Crippen LogP contribution < -0.4 is 11.1 Å². The second-order valence-corrected chi connectivity index (χ2v) is 8.75. The van der Waals surface area contributed by atoms with E-state index in [0.717, 1.165) is 54.4 Å². The molecule has 2 amide bonds. The molecule has 10 nitrogen and oxygen atoms in total. The van der Waals surface area contributed by atoms with Crippen molar-refractivity contribution in [2.75, 3.05) is 12.4 Å². The summed E-state index contributed by atoms with van der Waals surface area (Å²) < 4.78 is 1.71. The highest BCUT2D eigenvalue weighted by atomic mass is 35.5. The number of aromatic nitrogens is 4. The third kappa shape index (κ3) is 6.13. The topological polar surface area (TPSA) is 136 Å². The zero-order chi connectivity index (χ0) is 25.4. The lowest BCUT2D eigenvalue weighted by atomic mass is 10.0. The number of carbonyl (C=O) groups is 3. The molecule has 3 unspecified atom stereocenters. The van der Waals surface area contributed by atoms with Gasteiger partial charge in [-0.15, -0.1) is 0 Å². The zero-order valence-corrected chi connectivity index (χ0v) is 20.6. The first-order chi connectivity index (χ1) is 16.9. The number of halogens is 1. The number of nitrogens with one attached hydrogen (secondary N) is 1. The van der Waals surface area contributed by atoms with Crippen molar-refractivity contribution < 1.29 is 14.4 Å². The Bertz CT molecular complexity index is 1170. The Balaban J connectivity index is 0.000000238. The van der Waals surface area contributed by atoms with Crippen LogP contribution in [0, 0.1) is 12.8 Å². The van der Waals surface area contributed by atoms with Gasteiger partial charge in [-0.25, -0.2) is 4.98 Å². The number of primary amides is 1. The molecule has 0 aromatic carbocycles. The van der Waals surface area contributed by atoms with Gasteiger partial charge >= 0.3 is 0 Å². The van der Waals surface area contributed by atoms with Crippen molar-refractivity contribution in [3.63, 3.8) is 0 Å². The number of hydrogen-bond donors (Lipinski definition) is 2. The van der Waals surface area contributed by atoms with E-state index in [1.807, 2.05) is 30.0 Å². The number of hydrogen-bond acceptors (Lipinski definition) is 7. The molecule has 1 aliphatic carbocycles. The summed E-state index contributed by atoms with van der Waals surface area (Å²) in [6.45, 7) is 2.10. The standard InChI is InChI=1S/C17H20N4O2.C6H7ClN2.CH3NO/c1-11-14-5-6-18-8-16(14)20(19-11)9-17(23)21-13(10-22)7-12-3-2-4-15(12)21;1-8-6-4-2-3-5(7)9-6;2-1-3/h5-6,8,10,12-13,15H,2-4,7,9H2,1H3;2-4H,1H3,(H,8,9);1H,(H2,2,3). The molecule has 4 heterocycles. The quantitative estimate of drug-likeness (QED) is 0.416. The lowest BCUT2D eigenvalue weighted by molar-refractivity contribution is -0.137. The van der Waals surface area contributed by atoms with Gasteiger partial charge in [-0.2, -0.15) is 5.10 Å². The van der Waals surface area contributed by atoms with Crippen molar-refractivity contribution in [2.24, 2.45) is 11.7 Å². The molecule has 3 atom stereocenters. The molecule has 3 N–H and O–H groups in total. The number of nitrogens with zero attached hydrogens (tertiary/aromatic N) is 5. The molecular weight excluding hydrogens is 470 g/mol. The Morgan fingerprint density at radius 1 is 1.29 bits per heavy atom. The third-order valence-electron chi connectivity index (χ3n) is 6.32. The van der Waals surface area contributed by atoms with E-state index in [2.05, 4.69) is 26.1 Å². The Hall–Kier alpha value is -3.53. The predicted molar refractivity (Wildman–Crippen MR) is 134 cm³/mol. The normalized spacial score (nSPS) is 20.2. The van der Waals surface area contributed by atoms with Gasteiger partial charge in [-0.1, -0.05) is 24.1 Å². The van der Waals surface area contributed by atoms with Gasteiger partial charge in [0, 0.05) is 24.7 Å². The molecule has 35 heavy (non-hydrogen) atoms. The van der Waals surface area contributed by atoms with Gasteiger partial charge in [0.1, 0.15) is 23.8 Å². The Morgan fingerprint density at radius 2 is 2.06 bits per heavy atom. The van der Waals surface area contributed by atoms with Crippen LogP contribution in [-0.4, -0.2) is 62.4 Å². The fourth-order valence-electron chi connectivity index (χ4n) is 4.88. The Kier molecular flexibility index (Phi) is 9.13. The summed E-state index contributed by atoms with van der Waals surface area (Å²) in [5.74, 6) is 1.28. The molecule has 1 saturated carbocycles. The first-order valence-corrected chi connectivity index (χ1v) is 11.8. The number of aryl methyl sites for hydroxylation is 1. The van der Waals surface area contributed by atoms with E-state index in [9.17, 15) is 9.59 Å². The van der Waals surface area contributed by atoms with Crippen LogP contribution in [-0.2, 0) is 20.9 Å². The molecule has 2 fully saturated rings. The van der Waals surface area contributed by atoms with Crippen molar-refractivity contribution in [3.05, 3.63) is 47.5 Å². The highest BCUT2D eigenvalue weighted by molar-refractivity contribution is 6.29. The summed E-state index contributed by atoms with van der Waals surface area (Å²) in [4.78, 5) is 42.7. The first kappa shape index (κ1) is 26.1. The van der Waals surface area contributed by atoms with Crippen molar-refractivity contribution in [3.8, 4) is 0 Å². The second kappa shape index (κ2) is 12.3. The van der Waals surface area contributed by atoms with E-state index in [-0.39, 0.29) is 30.9 Å². The average molecular weight is 500 g/mol. The largest absolute Gasteiger partial charge is 0.373 e. The van der Waals surface area contributed by atoms with Crippen molar-refractivity contribution >= 4 is 46.9 Å². The van der Waals surface area contributed by atoms with Gasteiger partial charge in [0.2, 0.25) is 12.3 Å². The van der Waals surface area contributed by atoms with E-state index >= 15 is 0 Å². The molecule has 0 bridgehead atoms. The fourth-order valence-corrected chi connectivity index (χ4v) is 5.05. The number of amides is 2. The zero-order valence-electron chi connectivity index (χ0n) is 19.8. The smallest absolute Gasteiger partial charge is 0.245 e. The fraction of sp³-hybridized carbons (Fsp3) is 0.417. The maximum absolute atomic E-state index is 12.9. The van der Waals surface area contributed by atoms with Crippen LogP contribution in [0.5, 0.6) is 0 Å². The minimum atomic E-state index is -0.265. The summed E-state index contributed by atoms with van der Waals surface area (Å²) in [5, 5.41) is 8.88. The average Bonchev–Trinajstić information content (AvgIpc) is 3.53. The number of likely N-dealkylation sites (tertiary alicyclic amines) is 1. The molecule has 0 radical (unpaired) electrons. The lowest BCUT2D eigenvalue weighted by Crippen LogP contribution is -2.43. The molecule has 1 saturated heterocycles. The third-order valence-corrected chi connectivity index (χ3v) is 6.53. The van der Waals surface area contributed by atoms with E-state index in [4.69, 9.17) is 16.4 Å². The number of fused-ring (bicyclic) bond motifs is 2. The number of aldehydes is 1. The molecular formula is C24H30ClN7O3. The highest BCUT2D eigenvalue weighted by Crippen LogP contribution is 2.40. The molecule has 0 spiro atoms. The molecule has 2 aliphatic rings. The van der Waals surface area contributed by atoms with Crippen LogP contribution in [0.15, 0.2) is 36.7 Å². The van der Waals surface area contributed by atoms with E-state index in [0.29, 0.717) is 11.1 Å². The van der Waals surface area contributed by atoms with Gasteiger partial charge in [0.25, 0.3) is 0 Å². The minimum absolute atomic E-state index is 0.00949. The SMILES string of the molecule is CNc1cccc(Cl)n1.Cc1nn(CC(=O)N2C(C=O)CC3CCCC32)c2cnccc12.NC=O. The van der Waals surface area contributed by atoms with Gasteiger partial charge in [0.05, 0.1) is 23.4 Å². The van der Waals surface area contributed by atoms with Crippen LogP contribution >= 0.6 is 11.6 Å². The summed E-state index contributed by atoms with van der Waals surface area (Å²) in [7, 11) is 1.80. The summed E-state index contributed by atoms with van der Waals surface area (Å²) in [6.07, 6.45) is 8.77. The van der Waals surface area contributed by atoms with Crippen LogP contribution in [0.3, 0.4) is 0 Å². The molecule has 1 aliphatic heterocycles. The van der Waals surface area contributed by atoms with Gasteiger partial charge in [0.15, 0.2) is 0 Å². The van der Waals surface area contributed by atoms with Crippen molar-refractivity contribution in [2.45, 2.75) is 51.2 Å². The maximum Gasteiger partial charge on any atom is 0.245 e. The summed E-state index contributed by atoms with van der Waals surface area (Å²) in [5.41, 5.74) is 5.92. The Morgan fingerprint density at radius 3 is 2.71 bits per heavy atom. The number of nitrogens with two attached hydrogens (primary N) is 1. The number of rotatable bonds is 4. The van der Waals surface area contributed by atoms with Crippen LogP contribution in [0.1, 0.15) is 31.4 Å². The molecule has 3 aromatic rings. The molecule has 5 rings (SSSR count). The van der Waals surface area contributed by atoms with Gasteiger partial charge < -0.3 is 20.7 Å². The van der Waals surface area contributed by atoms with Gasteiger partial charge in [-0.05, 0) is 50.3 Å². The van der Waals surface area contributed by atoms with E-state index in [1.165, 1.54) is 0 Å². The van der Waals surface area contributed by atoms with Crippen molar-refractivity contribution in [1.29, 1.82) is 0 Å². The number of anilines is 1. The number of carbonyl (C=O) groups excluding carboxylic acids is 3. The second-order valence-electron chi connectivity index (χ2n) is 8.37. The highest BCUT2D eigenvalue weighted by Gasteiger charge is 2.45.